The minimum atomic E-state index is -0.971. The first-order valence-corrected chi connectivity index (χ1v) is 6.55. The minimum absolute atomic E-state index is 0.211. The van der Waals surface area contributed by atoms with Gasteiger partial charge in [-0.15, -0.1) is 0 Å². The Hall–Kier alpha value is -2.14. The average Bonchev–Trinajstić information content (AvgIpc) is 2.46. The fourth-order valence-corrected chi connectivity index (χ4v) is 2.15. The van der Waals surface area contributed by atoms with E-state index >= 15 is 0 Å². The zero-order chi connectivity index (χ0) is 14.5. The molecule has 5 nitrogen and oxygen atoms in total. The summed E-state index contributed by atoms with van der Waals surface area (Å²) in [6.07, 6.45) is 1.41. The van der Waals surface area contributed by atoms with Crippen LogP contribution in [0.25, 0.3) is 10.9 Å². The molecule has 0 atom stereocenters. The number of anilines is 1. The Labute approximate surface area is 117 Å². The first-order valence-electron chi connectivity index (χ1n) is 6.55. The monoisotopic (exact) mass is 274 g/mol. The molecule has 0 bridgehead atoms. The Morgan fingerprint density at radius 2 is 2.15 bits per heavy atom. The molecule has 106 valence electrons. The van der Waals surface area contributed by atoms with Crippen molar-refractivity contribution >= 4 is 22.6 Å². The van der Waals surface area contributed by atoms with Crippen LogP contribution in [0.1, 0.15) is 17.3 Å². The highest BCUT2D eigenvalue weighted by Gasteiger charge is 2.17. The number of pyridine rings is 1. The lowest BCUT2D eigenvalue weighted by atomic mass is 10.1. The molecule has 2 aromatic rings. The summed E-state index contributed by atoms with van der Waals surface area (Å²) in [4.78, 5) is 17.5. The number of para-hydroxylation sites is 1. The van der Waals surface area contributed by atoms with Crippen LogP contribution in [-0.2, 0) is 4.74 Å². The van der Waals surface area contributed by atoms with Crippen molar-refractivity contribution in [3.05, 3.63) is 36.0 Å². The zero-order valence-electron chi connectivity index (χ0n) is 11.7. The molecule has 5 heteroatoms. The van der Waals surface area contributed by atoms with Crippen LogP contribution in [0.4, 0.5) is 5.69 Å². The van der Waals surface area contributed by atoms with E-state index in [0.717, 1.165) is 10.9 Å². The van der Waals surface area contributed by atoms with Crippen LogP contribution < -0.4 is 4.90 Å². The number of aromatic carboxylic acids is 1. The van der Waals surface area contributed by atoms with Gasteiger partial charge in [-0.3, -0.25) is 4.98 Å². The highest BCUT2D eigenvalue weighted by atomic mass is 16.5. The summed E-state index contributed by atoms with van der Waals surface area (Å²) in [5.74, 6) is -0.971. The molecule has 0 fully saturated rings. The van der Waals surface area contributed by atoms with Crippen molar-refractivity contribution in [3.63, 3.8) is 0 Å². The summed E-state index contributed by atoms with van der Waals surface area (Å²) in [5, 5.41) is 10.2. The molecule has 20 heavy (non-hydrogen) atoms. The molecular formula is C15H18N2O3. The molecule has 0 unspecified atom stereocenters. The third-order valence-corrected chi connectivity index (χ3v) is 3.13. The first-order chi connectivity index (χ1) is 9.65. The maximum absolute atomic E-state index is 11.4. The number of carbonyl (C=O) groups is 1. The van der Waals surface area contributed by atoms with Crippen LogP contribution in [0.3, 0.4) is 0 Å². The summed E-state index contributed by atoms with van der Waals surface area (Å²) < 4.78 is 5.33. The largest absolute Gasteiger partial charge is 0.478 e. The topological polar surface area (TPSA) is 62.7 Å². The van der Waals surface area contributed by atoms with Crippen molar-refractivity contribution in [1.82, 2.24) is 4.98 Å². The molecular weight excluding hydrogens is 256 g/mol. The molecule has 0 aliphatic carbocycles. The van der Waals surface area contributed by atoms with Crippen molar-refractivity contribution in [2.75, 3.05) is 31.7 Å². The van der Waals surface area contributed by atoms with Crippen molar-refractivity contribution in [2.45, 2.75) is 6.92 Å². The number of carboxylic acids is 1. The van der Waals surface area contributed by atoms with Crippen molar-refractivity contribution in [1.29, 1.82) is 0 Å². The van der Waals surface area contributed by atoms with Crippen molar-refractivity contribution in [2.24, 2.45) is 0 Å². The predicted octanol–water partition coefficient (Wildman–Crippen LogP) is 2.41. The maximum atomic E-state index is 11.4. The number of fused-ring (bicyclic) bond motifs is 1. The second-order valence-corrected chi connectivity index (χ2v) is 4.46. The number of nitrogens with zero attached hydrogens (tertiary/aromatic N) is 2. The molecule has 0 radical (unpaired) electrons. The van der Waals surface area contributed by atoms with Crippen LogP contribution in [0.2, 0.25) is 0 Å². The van der Waals surface area contributed by atoms with Crippen LogP contribution in [0, 0.1) is 0 Å². The van der Waals surface area contributed by atoms with Gasteiger partial charge in [0, 0.05) is 31.8 Å². The molecule has 0 saturated heterocycles. The van der Waals surface area contributed by atoms with E-state index in [4.69, 9.17) is 4.74 Å². The Bertz CT molecular complexity index is 613. The van der Waals surface area contributed by atoms with Crippen LogP contribution in [-0.4, -0.2) is 42.9 Å². The summed E-state index contributed by atoms with van der Waals surface area (Å²) in [5.41, 5.74) is 1.68. The quantitative estimate of drug-likeness (QED) is 0.820. The third kappa shape index (κ3) is 2.88. The van der Waals surface area contributed by atoms with Gasteiger partial charge in [0.25, 0.3) is 0 Å². The lowest BCUT2D eigenvalue weighted by molar-refractivity contribution is 0.0697. The van der Waals surface area contributed by atoms with E-state index in [9.17, 15) is 9.90 Å². The van der Waals surface area contributed by atoms with Gasteiger partial charge in [0.1, 0.15) is 5.56 Å². The molecule has 0 saturated carbocycles. The Balaban J connectivity index is 2.46. The third-order valence-electron chi connectivity index (χ3n) is 3.13. The summed E-state index contributed by atoms with van der Waals surface area (Å²) in [6, 6.07) is 7.54. The fraction of sp³-hybridized carbons (Fsp3) is 0.333. The zero-order valence-corrected chi connectivity index (χ0v) is 11.7. The number of benzene rings is 1. The normalized spacial score (nSPS) is 10.7. The molecule has 1 heterocycles. The van der Waals surface area contributed by atoms with Gasteiger partial charge in [-0.25, -0.2) is 4.79 Å². The average molecular weight is 274 g/mol. The van der Waals surface area contributed by atoms with Gasteiger partial charge >= 0.3 is 5.97 Å². The maximum Gasteiger partial charge on any atom is 0.339 e. The van der Waals surface area contributed by atoms with Crippen LogP contribution >= 0.6 is 0 Å². The number of ether oxygens (including phenoxy) is 1. The van der Waals surface area contributed by atoms with Crippen LogP contribution in [0.15, 0.2) is 30.5 Å². The van der Waals surface area contributed by atoms with Gasteiger partial charge in [0.2, 0.25) is 0 Å². The Morgan fingerprint density at radius 3 is 2.85 bits per heavy atom. The standard InChI is InChI=1S/C15H18N2O3/c1-3-20-9-8-17(2)14-11-6-4-5-7-13(11)16-10-12(14)15(18)19/h4-7,10H,3,8-9H2,1-2H3,(H,18,19). The lowest BCUT2D eigenvalue weighted by Gasteiger charge is -2.22. The molecule has 1 N–H and O–H groups in total. The van der Waals surface area contributed by atoms with E-state index in [1.807, 2.05) is 43.1 Å². The summed E-state index contributed by atoms with van der Waals surface area (Å²) >= 11 is 0. The van der Waals surface area contributed by atoms with E-state index in [1.165, 1.54) is 6.20 Å². The predicted molar refractivity (Wildman–Crippen MR) is 78.5 cm³/mol. The number of likely N-dealkylation sites (N-methyl/N-ethyl adjacent to an activating group) is 1. The highest BCUT2D eigenvalue weighted by Crippen LogP contribution is 2.28. The summed E-state index contributed by atoms with van der Waals surface area (Å²) in [6.45, 7) is 3.77. The molecule has 0 spiro atoms. The van der Waals surface area contributed by atoms with Crippen molar-refractivity contribution < 1.29 is 14.6 Å². The van der Waals surface area contributed by atoms with Gasteiger partial charge in [-0.2, -0.15) is 0 Å². The fourth-order valence-electron chi connectivity index (χ4n) is 2.15. The molecule has 0 aliphatic rings. The summed E-state index contributed by atoms with van der Waals surface area (Å²) in [7, 11) is 1.87. The first kappa shape index (κ1) is 14.3. The number of rotatable bonds is 6. The van der Waals surface area contributed by atoms with E-state index in [0.29, 0.717) is 25.4 Å². The minimum Gasteiger partial charge on any atom is -0.478 e. The van der Waals surface area contributed by atoms with E-state index in [-0.39, 0.29) is 5.56 Å². The molecule has 2 rings (SSSR count). The van der Waals surface area contributed by atoms with Crippen LogP contribution in [0.5, 0.6) is 0 Å². The van der Waals surface area contributed by atoms with Gasteiger partial charge in [-0.1, -0.05) is 18.2 Å². The molecule has 1 aromatic carbocycles. The molecule has 1 aromatic heterocycles. The number of aromatic nitrogens is 1. The second kappa shape index (κ2) is 6.34. The lowest BCUT2D eigenvalue weighted by Crippen LogP contribution is -2.25. The Kier molecular flexibility index (Phi) is 4.53. The molecule has 0 amide bonds. The van der Waals surface area contributed by atoms with Gasteiger partial charge < -0.3 is 14.7 Å². The second-order valence-electron chi connectivity index (χ2n) is 4.46. The van der Waals surface area contributed by atoms with Gasteiger partial charge in [-0.05, 0) is 13.0 Å². The SMILES string of the molecule is CCOCCN(C)c1c(C(=O)O)cnc2ccccc12. The van der Waals surface area contributed by atoms with Crippen molar-refractivity contribution in [3.8, 4) is 0 Å². The van der Waals surface area contributed by atoms with E-state index in [2.05, 4.69) is 4.98 Å². The van der Waals surface area contributed by atoms with Gasteiger partial charge in [0.15, 0.2) is 0 Å². The number of hydrogen-bond acceptors (Lipinski definition) is 4. The highest BCUT2D eigenvalue weighted by molar-refractivity contribution is 6.04. The number of carboxylic acid groups (broad SMARTS) is 1. The Morgan fingerprint density at radius 1 is 1.40 bits per heavy atom. The van der Waals surface area contributed by atoms with Gasteiger partial charge in [0.05, 0.1) is 17.8 Å². The number of hydrogen-bond donors (Lipinski definition) is 1. The smallest absolute Gasteiger partial charge is 0.339 e. The molecule has 0 aliphatic heterocycles. The van der Waals surface area contributed by atoms with E-state index in [1.54, 1.807) is 0 Å². The van der Waals surface area contributed by atoms with E-state index < -0.39 is 5.97 Å².